The molecule has 146 valence electrons. The first-order valence-corrected chi connectivity index (χ1v) is 10.1. The number of sulfonamides is 1. The maximum atomic E-state index is 12.7. The molecule has 0 aliphatic carbocycles. The Morgan fingerprint density at radius 3 is 2.37 bits per heavy atom. The Morgan fingerprint density at radius 1 is 1.15 bits per heavy atom. The molecule has 2 aromatic carbocycles. The summed E-state index contributed by atoms with van der Waals surface area (Å²) in [6.07, 6.45) is 1.07. The summed E-state index contributed by atoms with van der Waals surface area (Å²) < 4.78 is 35.9. The van der Waals surface area contributed by atoms with E-state index in [9.17, 15) is 13.2 Å². The molecule has 2 rings (SSSR count). The lowest BCUT2D eigenvalue weighted by molar-refractivity contribution is -0.116. The highest BCUT2D eigenvalue weighted by atomic mass is 32.2. The van der Waals surface area contributed by atoms with Crippen LogP contribution in [0.15, 0.2) is 48.5 Å². The molecule has 1 amide bonds. The molecule has 1 atom stereocenters. The van der Waals surface area contributed by atoms with Gasteiger partial charge in [0.05, 0.1) is 25.7 Å². The van der Waals surface area contributed by atoms with Crippen LogP contribution in [0.3, 0.4) is 0 Å². The van der Waals surface area contributed by atoms with Gasteiger partial charge in [0, 0.05) is 12.8 Å². The molecule has 7 nitrogen and oxygen atoms in total. The third-order valence-electron chi connectivity index (χ3n) is 3.92. The first-order chi connectivity index (χ1) is 12.8. The lowest BCUT2D eigenvalue weighted by atomic mass is 10.2. The zero-order valence-corrected chi connectivity index (χ0v) is 16.6. The Balaban J connectivity index is 2.25. The predicted octanol–water partition coefficient (Wildman–Crippen LogP) is 2.63. The summed E-state index contributed by atoms with van der Waals surface area (Å²) in [7, 11) is -0.565. The highest BCUT2D eigenvalue weighted by Crippen LogP contribution is 2.24. The SMILES string of the molecule is COCc1cccc(NC(=O)[C@@H](C)N(c2ccc(OC)cc2)S(C)(=O)=O)c1. The highest BCUT2D eigenvalue weighted by Gasteiger charge is 2.29. The Labute approximate surface area is 160 Å². The minimum Gasteiger partial charge on any atom is -0.497 e. The lowest BCUT2D eigenvalue weighted by Crippen LogP contribution is -2.45. The van der Waals surface area contributed by atoms with Crippen molar-refractivity contribution in [2.45, 2.75) is 19.6 Å². The third-order valence-corrected chi connectivity index (χ3v) is 5.16. The molecule has 0 saturated heterocycles. The van der Waals surface area contributed by atoms with Gasteiger partial charge in [-0.15, -0.1) is 0 Å². The summed E-state index contributed by atoms with van der Waals surface area (Å²) in [5.41, 5.74) is 1.86. The Bertz CT molecular complexity index is 881. The average Bonchev–Trinajstić information content (AvgIpc) is 2.62. The average molecular weight is 392 g/mol. The van der Waals surface area contributed by atoms with E-state index in [1.807, 2.05) is 6.07 Å². The number of carbonyl (C=O) groups excluding carboxylic acids is 1. The smallest absolute Gasteiger partial charge is 0.247 e. The second kappa shape index (κ2) is 8.88. The molecular weight excluding hydrogens is 368 g/mol. The number of nitrogens with one attached hydrogen (secondary N) is 1. The lowest BCUT2D eigenvalue weighted by Gasteiger charge is -2.28. The van der Waals surface area contributed by atoms with Crippen molar-refractivity contribution in [1.29, 1.82) is 0 Å². The Kier molecular flexibility index (Phi) is 6.81. The van der Waals surface area contributed by atoms with E-state index >= 15 is 0 Å². The normalized spacial score (nSPS) is 12.3. The maximum absolute atomic E-state index is 12.7. The molecule has 8 heteroatoms. The van der Waals surface area contributed by atoms with Crippen molar-refractivity contribution in [3.05, 3.63) is 54.1 Å². The standard InChI is InChI=1S/C19H24N2O5S/c1-14(19(22)20-16-7-5-6-15(12-16)13-25-2)21(27(4,23)24)17-8-10-18(26-3)11-9-17/h5-12,14H,13H2,1-4H3,(H,20,22)/t14-/m1/s1. The number of benzene rings is 2. The van der Waals surface area contributed by atoms with Crippen LogP contribution in [-0.2, 0) is 26.2 Å². The van der Waals surface area contributed by atoms with Crippen molar-refractivity contribution in [2.24, 2.45) is 0 Å². The summed E-state index contributed by atoms with van der Waals surface area (Å²) in [5.74, 6) is 0.157. The van der Waals surface area contributed by atoms with Crippen molar-refractivity contribution in [3.8, 4) is 5.75 Å². The topological polar surface area (TPSA) is 84.9 Å². The van der Waals surface area contributed by atoms with Gasteiger partial charge in [0.1, 0.15) is 11.8 Å². The van der Waals surface area contributed by atoms with Crippen LogP contribution in [0.4, 0.5) is 11.4 Å². The van der Waals surface area contributed by atoms with Crippen LogP contribution in [0.25, 0.3) is 0 Å². The van der Waals surface area contributed by atoms with E-state index in [2.05, 4.69) is 5.32 Å². The van der Waals surface area contributed by atoms with Gasteiger partial charge in [0.25, 0.3) is 0 Å². The van der Waals surface area contributed by atoms with Crippen LogP contribution < -0.4 is 14.4 Å². The summed E-state index contributed by atoms with van der Waals surface area (Å²) in [6.45, 7) is 1.96. The van der Waals surface area contributed by atoms with Gasteiger partial charge in [-0.3, -0.25) is 9.10 Å². The highest BCUT2D eigenvalue weighted by molar-refractivity contribution is 7.92. The number of hydrogen-bond acceptors (Lipinski definition) is 5. The number of methoxy groups -OCH3 is 2. The van der Waals surface area contributed by atoms with E-state index in [0.29, 0.717) is 23.7 Å². The molecule has 1 N–H and O–H groups in total. The zero-order chi connectivity index (χ0) is 20.0. The molecule has 0 unspecified atom stereocenters. The summed E-state index contributed by atoms with van der Waals surface area (Å²) in [5, 5.41) is 2.76. The van der Waals surface area contributed by atoms with E-state index < -0.39 is 22.0 Å². The zero-order valence-electron chi connectivity index (χ0n) is 15.8. The van der Waals surface area contributed by atoms with Crippen LogP contribution in [0.1, 0.15) is 12.5 Å². The van der Waals surface area contributed by atoms with Crippen LogP contribution in [0.5, 0.6) is 5.75 Å². The molecule has 0 spiro atoms. The predicted molar refractivity (Wildman–Crippen MR) is 106 cm³/mol. The van der Waals surface area contributed by atoms with E-state index in [1.54, 1.807) is 56.5 Å². The van der Waals surface area contributed by atoms with Gasteiger partial charge >= 0.3 is 0 Å². The van der Waals surface area contributed by atoms with Gasteiger partial charge in [-0.05, 0) is 48.9 Å². The fourth-order valence-electron chi connectivity index (χ4n) is 2.69. The van der Waals surface area contributed by atoms with E-state index in [-0.39, 0.29) is 0 Å². The molecule has 2 aromatic rings. The number of ether oxygens (including phenoxy) is 2. The van der Waals surface area contributed by atoms with Crippen LogP contribution in [0.2, 0.25) is 0 Å². The fourth-order valence-corrected chi connectivity index (χ4v) is 3.87. The second-order valence-electron chi connectivity index (χ2n) is 6.06. The van der Waals surface area contributed by atoms with Gasteiger partial charge in [-0.2, -0.15) is 0 Å². The van der Waals surface area contributed by atoms with Crippen molar-refractivity contribution in [2.75, 3.05) is 30.1 Å². The molecule has 0 bridgehead atoms. The fraction of sp³-hybridized carbons (Fsp3) is 0.316. The Hall–Kier alpha value is -2.58. The number of anilines is 2. The van der Waals surface area contributed by atoms with Crippen molar-refractivity contribution >= 4 is 27.3 Å². The summed E-state index contributed by atoms with van der Waals surface area (Å²) in [4.78, 5) is 12.7. The molecule has 0 aromatic heterocycles. The quantitative estimate of drug-likeness (QED) is 0.746. The van der Waals surface area contributed by atoms with Gasteiger partial charge < -0.3 is 14.8 Å². The number of nitrogens with zero attached hydrogens (tertiary/aromatic N) is 1. The van der Waals surface area contributed by atoms with Gasteiger partial charge in [-0.1, -0.05) is 12.1 Å². The minimum atomic E-state index is -3.68. The van der Waals surface area contributed by atoms with E-state index in [1.165, 1.54) is 7.11 Å². The monoisotopic (exact) mass is 392 g/mol. The molecular formula is C19H24N2O5S. The van der Waals surface area contributed by atoms with Crippen molar-refractivity contribution < 1.29 is 22.7 Å². The van der Waals surface area contributed by atoms with Crippen LogP contribution in [-0.4, -0.2) is 40.8 Å². The van der Waals surface area contributed by atoms with Crippen LogP contribution in [0, 0.1) is 0 Å². The number of rotatable bonds is 8. The molecule has 0 saturated carbocycles. The first kappa shape index (κ1) is 20.7. The number of carbonyl (C=O) groups is 1. The maximum Gasteiger partial charge on any atom is 0.247 e. The third kappa shape index (κ3) is 5.45. The van der Waals surface area contributed by atoms with E-state index in [4.69, 9.17) is 9.47 Å². The first-order valence-electron chi connectivity index (χ1n) is 8.28. The van der Waals surface area contributed by atoms with Gasteiger partial charge in [0.2, 0.25) is 15.9 Å². The van der Waals surface area contributed by atoms with Gasteiger partial charge in [0.15, 0.2) is 0 Å². The molecule has 0 heterocycles. The number of hydrogen-bond donors (Lipinski definition) is 1. The summed E-state index contributed by atoms with van der Waals surface area (Å²) in [6, 6.07) is 12.7. The van der Waals surface area contributed by atoms with Crippen molar-refractivity contribution in [1.82, 2.24) is 0 Å². The van der Waals surface area contributed by atoms with Crippen LogP contribution >= 0.6 is 0 Å². The molecule has 0 aliphatic heterocycles. The second-order valence-corrected chi connectivity index (χ2v) is 7.91. The molecule has 0 radical (unpaired) electrons. The van der Waals surface area contributed by atoms with Gasteiger partial charge in [-0.25, -0.2) is 8.42 Å². The minimum absolute atomic E-state index is 0.383. The van der Waals surface area contributed by atoms with E-state index in [0.717, 1.165) is 16.1 Å². The largest absolute Gasteiger partial charge is 0.497 e. The Morgan fingerprint density at radius 2 is 1.81 bits per heavy atom. The molecule has 27 heavy (non-hydrogen) atoms. The molecule has 0 aliphatic rings. The van der Waals surface area contributed by atoms with Crippen molar-refractivity contribution in [3.63, 3.8) is 0 Å². The summed E-state index contributed by atoms with van der Waals surface area (Å²) >= 11 is 0. The number of amides is 1. The molecule has 0 fully saturated rings.